The molecule has 0 saturated carbocycles. The molecule has 1 unspecified atom stereocenters. The Morgan fingerprint density at radius 3 is 2.76 bits per heavy atom. The quantitative estimate of drug-likeness (QED) is 0.728. The predicted molar refractivity (Wildman–Crippen MR) is 61.9 cm³/mol. The van der Waals surface area contributed by atoms with E-state index in [9.17, 15) is 0 Å². The number of nitrogens with zero attached hydrogens (tertiary/aromatic N) is 1. The van der Waals surface area contributed by atoms with Crippen molar-refractivity contribution in [3.05, 3.63) is 23.8 Å². The zero-order chi connectivity index (χ0) is 11.7. The first kappa shape index (κ1) is 10.8. The van der Waals surface area contributed by atoms with Crippen molar-refractivity contribution >= 4 is 0 Å². The van der Waals surface area contributed by atoms with Gasteiger partial charge in [-0.1, -0.05) is 6.07 Å². The monoisotopic (exact) mass is 236 g/mol. The molecule has 0 bridgehead atoms. The summed E-state index contributed by atoms with van der Waals surface area (Å²) < 4.78 is 16.7. The van der Waals surface area contributed by atoms with E-state index in [-0.39, 0.29) is 6.10 Å². The molecule has 2 N–H and O–H groups in total. The van der Waals surface area contributed by atoms with Crippen molar-refractivity contribution in [3.8, 4) is 11.5 Å². The van der Waals surface area contributed by atoms with Crippen LogP contribution in [0.25, 0.3) is 0 Å². The van der Waals surface area contributed by atoms with Gasteiger partial charge in [0.15, 0.2) is 11.5 Å². The van der Waals surface area contributed by atoms with E-state index in [0.29, 0.717) is 26.4 Å². The molecule has 92 valence electrons. The third-order valence-electron chi connectivity index (χ3n) is 3.04. The van der Waals surface area contributed by atoms with Crippen LogP contribution in [0.5, 0.6) is 11.5 Å². The van der Waals surface area contributed by atoms with Crippen LogP contribution in [0.15, 0.2) is 18.2 Å². The first-order valence-electron chi connectivity index (χ1n) is 5.84. The molecule has 0 amide bonds. The topological polar surface area (TPSA) is 57.0 Å². The zero-order valence-electron chi connectivity index (χ0n) is 9.59. The fourth-order valence-corrected chi connectivity index (χ4v) is 2.13. The van der Waals surface area contributed by atoms with Gasteiger partial charge in [-0.2, -0.15) is 0 Å². The number of ether oxygens (including phenoxy) is 3. The standard InChI is InChI=1S/C12H16N2O3/c13-14-3-4-15-12(8-14)9-1-2-10-11(7-9)17-6-5-16-10/h1-2,7,12H,3-6,8,13H2. The van der Waals surface area contributed by atoms with Crippen LogP contribution in [0.2, 0.25) is 0 Å². The van der Waals surface area contributed by atoms with Crippen molar-refractivity contribution in [2.75, 3.05) is 32.9 Å². The Labute approximate surface area is 100 Å². The van der Waals surface area contributed by atoms with Gasteiger partial charge in [0.2, 0.25) is 0 Å². The minimum absolute atomic E-state index is 0.0181. The fourth-order valence-electron chi connectivity index (χ4n) is 2.13. The molecule has 1 saturated heterocycles. The van der Waals surface area contributed by atoms with Crippen LogP contribution in [0.1, 0.15) is 11.7 Å². The smallest absolute Gasteiger partial charge is 0.161 e. The van der Waals surface area contributed by atoms with E-state index in [4.69, 9.17) is 20.1 Å². The van der Waals surface area contributed by atoms with E-state index in [1.807, 2.05) is 18.2 Å². The highest BCUT2D eigenvalue weighted by atomic mass is 16.6. The molecule has 1 fully saturated rings. The summed E-state index contributed by atoms with van der Waals surface area (Å²) in [5.41, 5.74) is 1.09. The summed E-state index contributed by atoms with van der Waals surface area (Å²) in [5, 5.41) is 1.78. The lowest BCUT2D eigenvalue weighted by molar-refractivity contribution is -0.0306. The van der Waals surface area contributed by atoms with Crippen molar-refractivity contribution in [2.45, 2.75) is 6.10 Å². The highest BCUT2D eigenvalue weighted by Gasteiger charge is 2.22. The SMILES string of the molecule is NN1CCOC(c2ccc3c(c2)OCCO3)C1. The second-order valence-corrected chi connectivity index (χ2v) is 4.26. The Morgan fingerprint density at radius 1 is 1.12 bits per heavy atom. The molecular formula is C12H16N2O3. The Balaban J connectivity index is 1.83. The number of hydrazine groups is 1. The van der Waals surface area contributed by atoms with Crippen molar-refractivity contribution in [3.63, 3.8) is 0 Å². The molecule has 2 aliphatic heterocycles. The van der Waals surface area contributed by atoms with Crippen molar-refractivity contribution in [2.24, 2.45) is 5.84 Å². The summed E-state index contributed by atoms with van der Waals surface area (Å²) >= 11 is 0. The van der Waals surface area contributed by atoms with Crippen LogP contribution in [-0.2, 0) is 4.74 Å². The predicted octanol–water partition coefficient (Wildman–Crippen LogP) is 0.705. The van der Waals surface area contributed by atoms with Gasteiger partial charge < -0.3 is 14.2 Å². The van der Waals surface area contributed by atoms with Crippen molar-refractivity contribution in [1.82, 2.24) is 5.01 Å². The lowest BCUT2D eigenvalue weighted by Gasteiger charge is -2.30. The molecule has 0 spiro atoms. The van der Waals surface area contributed by atoms with Gasteiger partial charge in [0.25, 0.3) is 0 Å². The van der Waals surface area contributed by atoms with Crippen LogP contribution in [-0.4, -0.2) is 37.9 Å². The minimum atomic E-state index is 0.0181. The molecule has 3 rings (SSSR count). The van der Waals surface area contributed by atoms with E-state index >= 15 is 0 Å². The third kappa shape index (κ3) is 2.22. The maximum absolute atomic E-state index is 5.80. The van der Waals surface area contributed by atoms with Crippen LogP contribution in [0, 0.1) is 0 Å². The Kier molecular flexibility index (Phi) is 2.88. The van der Waals surface area contributed by atoms with Crippen LogP contribution >= 0.6 is 0 Å². The summed E-state index contributed by atoms with van der Waals surface area (Å²) in [4.78, 5) is 0. The first-order chi connectivity index (χ1) is 8.33. The van der Waals surface area contributed by atoms with E-state index < -0.39 is 0 Å². The molecule has 0 aliphatic carbocycles. The maximum atomic E-state index is 5.80. The molecular weight excluding hydrogens is 220 g/mol. The van der Waals surface area contributed by atoms with Gasteiger partial charge in [-0.25, -0.2) is 5.01 Å². The molecule has 2 aliphatic rings. The van der Waals surface area contributed by atoms with Crippen LogP contribution < -0.4 is 15.3 Å². The normalized spacial score (nSPS) is 24.6. The number of hydrogen-bond acceptors (Lipinski definition) is 5. The van der Waals surface area contributed by atoms with Gasteiger partial charge in [0.1, 0.15) is 13.2 Å². The molecule has 17 heavy (non-hydrogen) atoms. The van der Waals surface area contributed by atoms with Crippen LogP contribution in [0.4, 0.5) is 0 Å². The first-order valence-corrected chi connectivity index (χ1v) is 5.84. The summed E-state index contributed by atoms with van der Waals surface area (Å²) in [6.45, 7) is 3.37. The lowest BCUT2D eigenvalue weighted by atomic mass is 10.1. The minimum Gasteiger partial charge on any atom is -0.486 e. The summed E-state index contributed by atoms with van der Waals surface area (Å²) in [6.07, 6.45) is 0.0181. The van der Waals surface area contributed by atoms with Gasteiger partial charge in [0.05, 0.1) is 12.7 Å². The van der Waals surface area contributed by atoms with Crippen molar-refractivity contribution < 1.29 is 14.2 Å². The van der Waals surface area contributed by atoms with Gasteiger partial charge >= 0.3 is 0 Å². The summed E-state index contributed by atoms with van der Waals surface area (Å²) in [5.74, 6) is 7.40. The highest BCUT2D eigenvalue weighted by molar-refractivity contribution is 5.44. The Morgan fingerprint density at radius 2 is 1.94 bits per heavy atom. The second kappa shape index (κ2) is 4.52. The molecule has 5 heteroatoms. The third-order valence-corrected chi connectivity index (χ3v) is 3.04. The van der Waals surface area contributed by atoms with Crippen molar-refractivity contribution in [1.29, 1.82) is 0 Å². The zero-order valence-corrected chi connectivity index (χ0v) is 9.59. The highest BCUT2D eigenvalue weighted by Crippen LogP contribution is 2.34. The molecule has 2 heterocycles. The Hall–Kier alpha value is -1.30. The molecule has 0 radical (unpaired) electrons. The molecule has 1 atom stereocenters. The van der Waals surface area contributed by atoms with Crippen LogP contribution in [0.3, 0.4) is 0 Å². The average molecular weight is 236 g/mol. The fraction of sp³-hybridized carbons (Fsp3) is 0.500. The Bertz CT molecular complexity index is 411. The molecule has 1 aromatic carbocycles. The summed E-state index contributed by atoms with van der Waals surface area (Å²) in [6, 6.07) is 5.93. The average Bonchev–Trinajstić information content (AvgIpc) is 2.38. The van der Waals surface area contributed by atoms with E-state index in [1.54, 1.807) is 5.01 Å². The molecule has 5 nitrogen and oxygen atoms in total. The van der Waals surface area contributed by atoms with E-state index in [0.717, 1.165) is 23.6 Å². The maximum Gasteiger partial charge on any atom is 0.161 e. The van der Waals surface area contributed by atoms with Gasteiger partial charge in [-0.3, -0.25) is 5.84 Å². The number of rotatable bonds is 1. The molecule has 1 aromatic rings. The van der Waals surface area contributed by atoms with E-state index in [1.165, 1.54) is 0 Å². The number of benzene rings is 1. The number of hydrogen-bond donors (Lipinski definition) is 1. The summed E-state index contributed by atoms with van der Waals surface area (Å²) in [7, 11) is 0. The number of nitrogens with two attached hydrogens (primary N) is 1. The largest absolute Gasteiger partial charge is 0.486 e. The van der Waals surface area contributed by atoms with E-state index in [2.05, 4.69) is 0 Å². The van der Waals surface area contributed by atoms with Gasteiger partial charge in [-0.05, 0) is 17.7 Å². The van der Waals surface area contributed by atoms with Gasteiger partial charge in [-0.15, -0.1) is 0 Å². The number of fused-ring (bicyclic) bond motifs is 1. The van der Waals surface area contributed by atoms with Gasteiger partial charge in [0, 0.05) is 13.1 Å². The lowest BCUT2D eigenvalue weighted by Crippen LogP contribution is -2.42. The molecule has 0 aromatic heterocycles. The number of morpholine rings is 1. The second-order valence-electron chi connectivity index (χ2n) is 4.26.